The first-order valence-electron chi connectivity index (χ1n) is 10.8. The van der Waals surface area contributed by atoms with Crippen molar-refractivity contribution in [3.8, 4) is 11.8 Å². The maximum absolute atomic E-state index is 12.8. The highest BCUT2D eigenvalue weighted by atomic mass is 16.2. The molecule has 0 aliphatic carbocycles. The first-order chi connectivity index (χ1) is 15.7. The van der Waals surface area contributed by atoms with Crippen molar-refractivity contribution in [2.75, 3.05) is 31.5 Å². The van der Waals surface area contributed by atoms with Crippen LogP contribution in [0.3, 0.4) is 0 Å². The number of carbonyl (C=O) groups excluding carboxylic acids is 2. The fourth-order valence-corrected chi connectivity index (χ4v) is 3.63. The molecule has 5 nitrogen and oxygen atoms in total. The van der Waals surface area contributed by atoms with Gasteiger partial charge in [0.25, 0.3) is 5.91 Å². The number of urea groups is 1. The fourth-order valence-electron chi connectivity index (χ4n) is 3.63. The lowest BCUT2D eigenvalue weighted by Crippen LogP contribution is -2.39. The van der Waals surface area contributed by atoms with Crippen LogP contribution in [0.25, 0.3) is 0 Å². The third-order valence-electron chi connectivity index (χ3n) is 5.33. The molecule has 1 heterocycles. The van der Waals surface area contributed by atoms with E-state index in [1.54, 1.807) is 4.90 Å². The maximum atomic E-state index is 12.8. The molecule has 4 rings (SSSR count). The molecule has 160 valence electrons. The highest BCUT2D eigenvalue weighted by Crippen LogP contribution is 2.13. The van der Waals surface area contributed by atoms with Gasteiger partial charge in [-0.15, -0.1) is 0 Å². The molecule has 1 N–H and O–H groups in total. The minimum absolute atomic E-state index is 0.0116. The highest BCUT2D eigenvalue weighted by Gasteiger charge is 2.22. The number of hydrogen-bond donors (Lipinski definition) is 1. The Hall–Kier alpha value is -4.04. The minimum atomic E-state index is -0.160. The molecule has 0 saturated carbocycles. The SMILES string of the molecule is O=C(Nc1cccc(C#Cc2ccccc2)c1)N1CCCN(C(=O)c2ccccc2)CC1. The number of benzene rings is 3. The van der Waals surface area contributed by atoms with Gasteiger partial charge >= 0.3 is 6.03 Å². The summed E-state index contributed by atoms with van der Waals surface area (Å²) in [7, 11) is 0. The van der Waals surface area contributed by atoms with E-state index in [2.05, 4.69) is 17.2 Å². The number of nitrogens with zero attached hydrogens (tertiary/aromatic N) is 2. The number of hydrogen-bond acceptors (Lipinski definition) is 2. The first-order valence-corrected chi connectivity index (χ1v) is 10.8. The molecule has 3 aromatic rings. The molecular weight excluding hydrogens is 398 g/mol. The number of carbonyl (C=O) groups is 2. The van der Waals surface area contributed by atoms with E-state index < -0.39 is 0 Å². The van der Waals surface area contributed by atoms with E-state index in [0.29, 0.717) is 37.4 Å². The quantitative estimate of drug-likeness (QED) is 0.619. The molecule has 0 spiro atoms. The summed E-state index contributed by atoms with van der Waals surface area (Å²) in [6.07, 6.45) is 0.745. The summed E-state index contributed by atoms with van der Waals surface area (Å²) in [6.45, 7) is 2.27. The Morgan fingerprint density at radius 2 is 1.31 bits per heavy atom. The maximum Gasteiger partial charge on any atom is 0.321 e. The fraction of sp³-hybridized carbons (Fsp3) is 0.185. The Balaban J connectivity index is 1.36. The van der Waals surface area contributed by atoms with E-state index in [1.165, 1.54) is 0 Å². The molecule has 32 heavy (non-hydrogen) atoms. The third-order valence-corrected chi connectivity index (χ3v) is 5.33. The third kappa shape index (κ3) is 5.55. The lowest BCUT2D eigenvalue weighted by molar-refractivity contribution is 0.0762. The van der Waals surface area contributed by atoms with E-state index in [-0.39, 0.29) is 11.9 Å². The Bertz CT molecular complexity index is 1130. The standard InChI is InChI=1S/C27H25N3O2/c31-26(24-12-5-2-6-13-24)29-17-8-18-30(20-19-29)27(32)28-25-14-7-11-23(21-25)16-15-22-9-3-1-4-10-22/h1-7,9-14,21H,8,17-20H2,(H,28,32). The second kappa shape index (κ2) is 10.3. The lowest BCUT2D eigenvalue weighted by atomic mass is 10.1. The van der Waals surface area contributed by atoms with Crippen LogP contribution in [-0.2, 0) is 0 Å². The summed E-state index contributed by atoms with van der Waals surface area (Å²) >= 11 is 0. The van der Waals surface area contributed by atoms with Gasteiger partial charge in [0.15, 0.2) is 0 Å². The van der Waals surface area contributed by atoms with E-state index in [9.17, 15) is 9.59 Å². The summed E-state index contributed by atoms with van der Waals surface area (Å²) in [6, 6.07) is 26.4. The van der Waals surface area contributed by atoms with Crippen LogP contribution < -0.4 is 5.32 Å². The van der Waals surface area contributed by atoms with Crippen molar-refractivity contribution in [2.45, 2.75) is 6.42 Å². The molecule has 1 aliphatic rings. The van der Waals surface area contributed by atoms with Crippen LogP contribution in [-0.4, -0.2) is 47.9 Å². The number of rotatable bonds is 2. The van der Waals surface area contributed by atoms with Crippen molar-refractivity contribution in [1.29, 1.82) is 0 Å². The summed E-state index contributed by atoms with van der Waals surface area (Å²) in [4.78, 5) is 29.1. The molecular formula is C27H25N3O2. The van der Waals surface area contributed by atoms with Crippen molar-refractivity contribution < 1.29 is 9.59 Å². The van der Waals surface area contributed by atoms with Gasteiger partial charge in [-0.05, 0) is 48.9 Å². The number of amides is 3. The molecule has 1 fully saturated rings. The molecule has 0 aromatic heterocycles. The van der Waals surface area contributed by atoms with E-state index in [4.69, 9.17) is 0 Å². The number of nitrogens with one attached hydrogen (secondary N) is 1. The molecule has 5 heteroatoms. The zero-order valence-corrected chi connectivity index (χ0v) is 17.8. The molecule has 0 atom stereocenters. The Kier molecular flexibility index (Phi) is 6.84. The largest absolute Gasteiger partial charge is 0.337 e. The van der Waals surface area contributed by atoms with E-state index in [0.717, 1.165) is 17.5 Å². The van der Waals surface area contributed by atoms with Crippen LogP contribution in [0.15, 0.2) is 84.9 Å². The smallest absolute Gasteiger partial charge is 0.321 e. The highest BCUT2D eigenvalue weighted by molar-refractivity contribution is 5.94. The molecule has 1 aliphatic heterocycles. The van der Waals surface area contributed by atoms with E-state index in [1.807, 2.05) is 89.8 Å². The van der Waals surface area contributed by atoms with Gasteiger partial charge in [-0.3, -0.25) is 4.79 Å². The lowest BCUT2D eigenvalue weighted by Gasteiger charge is -2.22. The minimum Gasteiger partial charge on any atom is -0.337 e. The van der Waals surface area contributed by atoms with Gasteiger partial charge in [0.2, 0.25) is 0 Å². The zero-order chi connectivity index (χ0) is 22.2. The van der Waals surface area contributed by atoms with Crippen molar-refractivity contribution in [1.82, 2.24) is 9.80 Å². The average Bonchev–Trinajstić information content (AvgIpc) is 3.10. The van der Waals surface area contributed by atoms with Crippen LogP contribution in [0.2, 0.25) is 0 Å². The monoisotopic (exact) mass is 423 g/mol. The number of anilines is 1. The van der Waals surface area contributed by atoms with E-state index >= 15 is 0 Å². The summed E-state index contributed by atoms with van der Waals surface area (Å²) in [5.41, 5.74) is 3.17. The van der Waals surface area contributed by atoms with Gasteiger partial charge in [-0.1, -0.05) is 54.3 Å². The van der Waals surface area contributed by atoms with Crippen LogP contribution >= 0.6 is 0 Å². The molecule has 1 saturated heterocycles. The summed E-state index contributed by atoms with van der Waals surface area (Å²) in [5, 5.41) is 2.97. The predicted molar refractivity (Wildman–Crippen MR) is 126 cm³/mol. The van der Waals surface area contributed by atoms with Crippen LogP contribution in [0.5, 0.6) is 0 Å². The van der Waals surface area contributed by atoms with Gasteiger partial charge in [0.1, 0.15) is 0 Å². The summed E-state index contributed by atoms with van der Waals surface area (Å²) < 4.78 is 0. The van der Waals surface area contributed by atoms with Crippen LogP contribution in [0, 0.1) is 11.8 Å². The first kappa shape index (κ1) is 21.2. The molecule has 0 unspecified atom stereocenters. The van der Waals surface area contributed by atoms with Gasteiger partial charge in [-0.2, -0.15) is 0 Å². The Morgan fingerprint density at radius 3 is 2.09 bits per heavy atom. The molecule has 0 radical (unpaired) electrons. The summed E-state index contributed by atoms with van der Waals surface area (Å²) in [5.74, 6) is 6.28. The normalized spacial score (nSPS) is 13.5. The van der Waals surface area contributed by atoms with Crippen LogP contribution in [0.1, 0.15) is 27.9 Å². The van der Waals surface area contributed by atoms with Gasteiger partial charge in [-0.25, -0.2) is 4.79 Å². The molecule has 3 amide bonds. The van der Waals surface area contributed by atoms with Gasteiger partial charge < -0.3 is 15.1 Å². The zero-order valence-electron chi connectivity index (χ0n) is 17.8. The molecule has 0 bridgehead atoms. The second-order valence-corrected chi connectivity index (χ2v) is 7.63. The van der Waals surface area contributed by atoms with Gasteiger partial charge in [0, 0.05) is 48.6 Å². The topological polar surface area (TPSA) is 52.7 Å². The van der Waals surface area contributed by atoms with Crippen molar-refractivity contribution in [3.05, 3.63) is 102 Å². The average molecular weight is 424 g/mol. The second-order valence-electron chi connectivity index (χ2n) is 7.63. The Labute approximate surface area is 188 Å². The van der Waals surface area contributed by atoms with Crippen molar-refractivity contribution in [2.24, 2.45) is 0 Å². The van der Waals surface area contributed by atoms with Crippen molar-refractivity contribution >= 4 is 17.6 Å². The predicted octanol–water partition coefficient (Wildman–Crippen LogP) is 4.47. The van der Waals surface area contributed by atoms with Crippen LogP contribution in [0.4, 0.5) is 10.5 Å². The molecule has 3 aromatic carbocycles. The van der Waals surface area contributed by atoms with Crippen molar-refractivity contribution in [3.63, 3.8) is 0 Å². The van der Waals surface area contributed by atoms with Gasteiger partial charge in [0.05, 0.1) is 0 Å². The Morgan fingerprint density at radius 1 is 0.688 bits per heavy atom.